The molecule has 1 aliphatic heterocycles. The fourth-order valence-corrected chi connectivity index (χ4v) is 4.32. The van der Waals surface area contributed by atoms with Gasteiger partial charge in [-0.2, -0.15) is 13.2 Å². The molecule has 0 bridgehead atoms. The molecule has 0 atom stereocenters. The maximum absolute atomic E-state index is 13.8. The summed E-state index contributed by atoms with van der Waals surface area (Å²) in [4.78, 5) is -0.830. The minimum absolute atomic E-state index is 0.137. The molecular weight excluding hydrogens is 398 g/mol. The second-order valence-electron chi connectivity index (χ2n) is 6.70. The van der Waals surface area contributed by atoms with Crippen molar-refractivity contribution < 1.29 is 30.7 Å². The van der Waals surface area contributed by atoms with Crippen LogP contribution in [-0.4, -0.2) is 33.7 Å². The fraction of sp³-hybridized carbons (Fsp3) is 0.368. The smallest absolute Gasteiger partial charge is 0.383 e. The third-order valence-electron chi connectivity index (χ3n) is 4.99. The second kappa shape index (κ2) is 7.71. The van der Waals surface area contributed by atoms with Crippen molar-refractivity contribution in [3.05, 3.63) is 59.9 Å². The first-order chi connectivity index (χ1) is 13.2. The van der Waals surface area contributed by atoms with E-state index in [1.54, 1.807) is 12.1 Å². The van der Waals surface area contributed by atoms with Gasteiger partial charge in [0.25, 0.3) is 9.84 Å². The SMILES string of the molecule is O=S(=O)(c1ccccc1NCC1(c2cccc(F)c2)CCOCC1)C(F)(F)F. The molecule has 28 heavy (non-hydrogen) atoms. The van der Waals surface area contributed by atoms with Crippen LogP contribution in [0.25, 0.3) is 0 Å². The number of ether oxygens (including phenoxy) is 1. The monoisotopic (exact) mass is 417 g/mol. The molecular formula is C19H19F4NO3S. The number of hydrogen-bond donors (Lipinski definition) is 1. The van der Waals surface area contributed by atoms with E-state index in [9.17, 15) is 26.0 Å². The highest BCUT2D eigenvalue weighted by Gasteiger charge is 2.48. The van der Waals surface area contributed by atoms with Crippen molar-refractivity contribution in [1.29, 1.82) is 0 Å². The van der Waals surface area contributed by atoms with E-state index in [1.165, 1.54) is 30.3 Å². The Morgan fingerprint density at radius 1 is 1.04 bits per heavy atom. The van der Waals surface area contributed by atoms with Gasteiger partial charge < -0.3 is 10.1 Å². The summed E-state index contributed by atoms with van der Waals surface area (Å²) in [6, 6.07) is 10.9. The van der Waals surface area contributed by atoms with Gasteiger partial charge in [-0.3, -0.25) is 0 Å². The number of rotatable bonds is 5. The highest BCUT2D eigenvalue weighted by atomic mass is 32.2. The third-order valence-corrected chi connectivity index (χ3v) is 6.53. The van der Waals surface area contributed by atoms with Crippen LogP contribution in [0, 0.1) is 5.82 Å². The first-order valence-corrected chi connectivity index (χ1v) is 10.1. The van der Waals surface area contributed by atoms with E-state index in [1.807, 2.05) is 0 Å². The lowest BCUT2D eigenvalue weighted by Gasteiger charge is -2.38. The van der Waals surface area contributed by atoms with E-state index in [0.29, 0.717) is 31.6 Å². The van der Waals surface area contributed by atoms with Gasteiger partial charge in [0.05, 0.1) is 10.6 Å². The molecule has 0 aliphatic carbocycles. The predicted octanol–water partition coefficient (Wildman–Crippen LogP) is 4.28. The van der Waals surface area contributed by atoms with Crippen LogP contribution in [0.5, 0.6) is 0 Å². The minimum atomic E-state index is -5.50. The first kappa shape index (κ1) is 20.6. The number of alkyl halides is 3. The van der Waals surface area contributed by atoms with Crippen LogP contribution in [0.2, 0.25) is 0 Å². The fourth-order valence-electron chi connectivity index (χ4n) is 3.38. The van der Waals surface area contributed by atoms with Crippen molar-refractivity contribution >= 4 is 15.5 Å². The summed E-state index contributed by atoms with van der Waals surface area (Å²) in [6.45, 7) is 0.978. The van der Waals surface area contributed by atoms with Crippen LogP contribution in [-0.2, 0) is 20.0 Å². The molecule has 0 aromatic heterocycles. The lowest BCUT2D eigenvalue weighted by molar-refractivity contribution is -0.0435. The number of sulfone groups is 1. The van der Waals surface area contributed by atoms with Gasteiger partial charge in [-0.05, 0) is 42.7 Å². The molecule has 2 aromatic carbocycles. The molecule has 1 saturated heterocycles. The lowest BCUT2D eigenvalue weighted by Crippen LogP contribution is -2.40. The molecule has 152 valence electrons. The molecule has 1 heterocycles. The van der Waals surface area contributed by atoms with Crippen molar-refractivity contribution in [2.45, 2.75) is 28.7 Å². The zero-order valence-corrected chi connectivity index (χ0v) is 15.6. The van der Waals surface area contributed by atoms with Crippen LogP contribution >= 0.6 is 0 Å². The molecule has 0 saturated carbocycles. The highest BCUT2D eigenvalue weighted by Crippen LogP contribution is 2.38. The van der Waals surface area contributed by atoms with Gasteiger partial charge >= 0.3 is 5.51 Å². The normalized spacial score (nSPS) is 17.3. The highest BCUT2D eigenvalue weighted by molar-refractivity contribution is 7.92. The summed E-state index contributed by atoms with van der Waals surface area (Å²) < 4.78 is 81.9. The Morgan fingerprint density at radius 2 is 1.71 bits per heavy atom. The van der Waals surface area contributed by atoms with Gasteiger partial charge in [0.1, 0.15) is 5.82 Å². The van der Waals surface area contributed by atoms with Gasteiger partial charge in [0, 0.05) is 25.2 Å². The molecule has 9 heteroatoms. The van der Waals surface area contributed by atoms with E-state index >= 15 is 0 Å². The summed E-state index contributed by atoms with van der Waals surface area (Å²) >= 11 is 0. The summed E-state index contributed by atoms with van der Waals surface area (Å²) in [5.41, 5.74) is -5.43. The standard InChI is InChI=1S/C19H19F4NO3S/c20-15-5-3-4-14(12-15)18(8-10-27-11-9-18)13-24-16-6-1-2-7-17(16)28(25,26)19(21,22)23/h1-7,12,24H,8-11,13H2. The van der Waals surface area contributed by atoms with E-state index in [-0.39, 0.29) is 12.2 Å². The van der Waals surface area contributed by atoms with E-state index in [0.717, 1.165) is 6.07 Å². The maximum Gasteiger partial charge on any atom is 0.501 e. The zero-order valence-electron chi connectivity index (χ0n) is 14.8. The molecule has 0 unspecified atom stereocenters. The molecule has 3 rings (SSSR count). The van der Waals surface area contributed by atoms with Gasteiger partial charge in [-0.1, -0.05) is 24.3 Å². The first-order valence-electron chi connectivity index (χ1n) is 8.64. The summed E-state index contributed by atoms with van der Waals surface area (Å²) in [5.74, 6) is -0.414. The van der Waals surface area contributed by atoms with Gasteiger partial charge in [-0.15, -0.1) is 0 Å². The Hall–Kier alpha value is -2.13. The summed E-state index contributed by atoms with van der Waals surface area (Å²) in [7, 11) is -5.50. The predicted molar refractivity (Wildman–Crippen MR) is 96.3 cm³/mol. The lowest BCUT2D eigenvalue weighted by atomic mass is 9.74. The zero-order chi connectivity index (χ0) is 20.4. The third kappa shape index (κ3) is 4.00. The number of para-hydroxylation sites is 1. The molecule has 2 aromatic rings. The Bertz CT molecular complexity index is 938. The quantitative estimate of drug-likeness (QED) is 0.738. The van der Waals surface area contributed by atoms with Crippen molar-refractivity contribution in [2.75, 3.05) is 25.1 Å². The van der Waals surface area contributed by atoms with Gasteiger partial charge in [-0.25, -0.2) is 12.8 Å². The Balaban J connectivity index is 1.94. The summed E-state index contributed by atoms with van der Waals surface area (Å²) in [6.07, 6.45) is 1.05. The summed E-state index contributed by atoms with van der Waals surface area (Å²) in [5, 5.41) is 2.86. The Labute approximate surface area is 160 Å². The number of nitrogens with one attached hydrogen (secondary N) is 1. The van der Waals surface area contributed by atoms with Crippen molar-refractivity contribution in [3.8, 4) is 0 Å². The number of halogens is 4. The van der Waals surface area contributed by atoms with Crippen molar-refractivity contribution in [1.82, 2.24) is 0 Å². The minimum Gasteiger partial charge on any atom is -0.383 e. The average molecular weight is 417 g/mol. The van der Waals surface area contributed by atoms with Crippen molar-refractivity contribution in [2.24, 2.45) is 0 Å². The maximum atomic E-state index is 13.8. The molecule has 1 fully saturated rings. The molecule has 0 radical (unpaired) electrons. The van der Waals surface area contributed by atoms with Crippen LogP contribution in [0.3, 0.4) is 0 Å². The second-order valence-corrected chi connectivity index (χ2v) is 8.61. The molecule has 1 aliphatic rings. The molecule has 1 N–H and O–H groups in total. The largest absolute Gasteiger partial charge is 0.501 e. The topological polar surface area (TPSA) is 55.4 Å². The van der Waals surface area contributed by atoms with E-state index in [4.69, 9.17) is 4.74 Å². The van der Waals surface area contributed by atoms with Crippen LogP contribution < -0.4 is 5.32 Å². The molecule has 0 amide bonds. The number of hydrogen-bond acceptors (Lipinski definition) is 4. The molecule has 4 nitrogen and oxygen atoms in total. The average Bonchev–Trinajstić information content (AvgIpc) is 2.66. The number of anilines is 1. The van der Waals surface area contributed by atoms with Crippen LogP contribution in [0.1, 0.15) is 18.4 Å². The molecule has 0 spiro atoms. The van der Waals surface area contributed by atoms with Crippen LogP contribution in [0.15, 0.2) is 53.4 Å². The van der Waals surface area contributed by atoms with E-state index in [2.05, 4.69) is 5.32 Å². The van der Waals surface area contributed by atoms with Crippen LogP contribution in [0.4, 0.5) is 23.2 Å². The van der Waals surface area contributed by atoms with Gasteiger partial charge in [0.2, 0.25) is 0 Å². The van der Waals surface area contributed by atoms with Gasteiger partial charge in [0.15, 0.2) is 0 Å². The van der Waals surface area contributed by atoms with E-state index < -0.39 is 31.5 Å². The van der Waals surface area contributed by atoms with Crippen molar-refractivity contribution in [3.63, 3.8) is 0 Å². The Kier molecular flexibility index (Phi) is 5.67. The number of benzene rings is 2. The Morgan fingerprint density at radius 3 is 2.36 bits per heavy atom.